The number of fused-ring (bicyclic) bond motifs is 1. The van der Waals surface area contributed by atoms with Crippen LogP contribution in [0, 0.1) is 0 Å². The topological polar surface area (TPSA) is 0 Å². The van der Waals surface area contributed by atoms with Crippen molar-refractivity contribution < 1.29 is 0 Å². The molecular weight excluding hydrogens is 192 g/mol. The summed E-state index contributed by atoms with van der Waals surface area (Å²) in [5.74, 6) is 0.537. The Labute approximate surface area is 98.7 Å². The monoisotopic (exact) mass is 212 g/mol. The maximum Gasteiger partial charge on any atom is 0.00630 e. The zero-order valence-electron chi connectivity index (χ0n) is 10.5. The van der Waals surface area contributed by atoms with Gasteiger partial charge in [0.15, 0.2) is 0 Å². The van der Waals surface area contributed by atoms with Crippen LogP contribution in [0.5, 0.6) is 0 Å². The van der Waals surface area contributed by atoms with E-state index in [0.717, 1.165) is 0 Å². The Balaban J connectivity index is 2.49. The summed E-state index contributed by atoms with van der Waals surface area (Å²) in [6, 6.07) is 8.87. The highest BCUT2D eigenvalue weighted by Gasteiger charge is 2.18. The lowest BCUT2D eigenvalue weighted by molar-refractivity contribution is 0.905. The molecule has 1 aliphatic rings. The average Bonchev–Trinajstić information content (AvgIpc) is 2.42. The van der Waals surface area contributed by atoms with Crippen molar-refractivity contribution in [3.63, 3.8) is 0 Å². The molecule has 1 aromatic carbocycles. The van der Waals surface area contributed by atoms with Crippen LogP contribution in [-0.2, 0) is 6.42 Å². The van der Waals surface area contributed by atoms with Gasteiger partial charge < -0.3 is 0 Å². The van der Waals surface area contributed by atoms with Crippen molar-refractivity contribution in [2.24, 2.45) is 0 Å². The average molecular weight is 212 g/mol. The molecule has 0 saturated heterocycles. The molecule has 1 unspecified atom stereocenters. The minimum absolute atomic E-state index is 0.537. The molecule has 0 aromatic heterocycles. The lowest BCUT2D eigenvalue weighted by Crippen LogP contribution is -1.98. The molecule has 0 spiro atoms. The van der Waals surface area contributed by atoms with E-state index in [1.165, 1.54) is 29.5 Å². The third-order valence-corrected chi connectivity index (χ3v) is 3.60. The second kappa shape index (κ2) is 4.69. The molecule has 0 nitrogen and oxygen atoms in total. The first-order valence-electron chi connectivity index (χ1n) is 6.14. The van der Waals surface area contributed by atoms with Gasteiger partial charge in [0, 0.05) is 5.92 Å². The number of aryl methyl sites for hydroxylation is 1. The van der Waals surface area contributed by atoms with Crippen LogP contribution in [-0.4, -0.2) is 0 Å². The molecule has 0 aliphatic heterocycles. The van der Waals surface area contributed by atoms with Crippen LogP contribution in [0.1, 0.15) is 44.2 Å². The van der Waals surface area contributed by atoms with Crippen molar-refractivity contribution >= 4 is 0 Å². The summed E-state index contributed by atoms with van der Waals surface area (Å²) in [4.78, 5) is 0. The second-order valence-electron chi connectivity index (χ2n) is 4.66. The molecule has 0 N–H and O–H groups in total. The minimum Gasteiger partial charge on any atom is -0.0874 e. The standard InChI is InChI=1S/C16H20/c1-4-7-15-12(2)10-11-14-8-5-6-9-16(14)13(15)3/h4-9,13H,10-11H2,1-3H3. The summed E-state index contributed by atoms with van der Waals surface area (Å²) < 4.78 is 0. The largest absolute Gasteiger partial charge is 0.0874 e. The van der Waals surface area contributed by atoms with E-state index in [1.807, 2.05) is 0 Å². The van der Waals surface area contributed by atoms with Crippen LogP contribution in [0.4, 0.5) is 0 Å². The van der Waals surface area contributed by atoms with Crippen LogP contribution in [0.2, 0.25) is 0 Å². The van der Waals surface area contributed by atoms with Gasteiger partial charge in [-0.1, -0.05) is 48.9 Å². The third-order valence-electron chi connectivity index (χ3n) is 3.60. The van der Waals surface area contributed by atoms with E-state index in [0.29, 0.717) is 5.92 Å². The van der Waals surface area contributed by atoms with Gasteiger partial charge in [0.2, 0.25) is 0 Å². The highest BCUT2D eigenvalue weighted by Crippen LogP contribution is 2.34. The van der Waals surface area contributed by atoms with Gasteiger partial charge in [0.05, 0.1) is 0 Å². The van der Waals surface area contributed by atoms with E-state index >= 15 is 0 Å². The highest BCUT2D eigenvalue weighted by molar-refractivity contribution is 5.43. The predicted octanol–water partition coefficient (Wildman–Crippen LogP) is 4.63. The molecule has 0 bridgehead atoms. The fourth-order valence-corrected chi connectivity index (χ4v) is 2.65. The van der Waals surface area contributed by atoms with Crippen LogP contribution < -0.4 is 0 Å². The summed E-state index contributed by atoms with van der Waals surface area (Å²) in [5, 5.41) is 0. The first-order chi connectivity index (χ1) is 7.74. The Hall–Kier alpha value is -1.30. The molecule has 0 amide bonds. The Bertz CT molecular complexity index is 435. The maximum absolute atomic E-state index is 2.32. The highest BCUT2D eigenvalue weighted by atomic mass is 14.2. The lowest BCUT2D eigenvalue weighted by atomic mass is 9.89. The molecular formula is C16H20. The van der Waals surface area contributed by atoms with Crippen molar-refractivity contribution in [2.75, 3.05) is 0 Å². The molecule has 2 rings (SSSR count). The fraction of sp³-hybridized carbons (Fsp3) is 0.375. The van der Waals surface area contributed by atoms with Gasteiger partial charge in [-0.3, -0.25) is 0 Å². The van der Waals surface area contributed by atoms with Gasteiger partial charge in [-0.2, -0.15) is 0 Å². The van der Waals surface area contributed by atoms with Gasteiger partial charge in [0.25, 0.3) is 0 Å². The summed E-state index contributed by atoms with van der Waals surface area (Å²) >= 11 is 0. The van der Waals surface area contributed by atoms with Crippen molar-refractivity contribution in [1.29, 1.82) is 0 Å². The molecule has 0 heterocycles. The summed E-state index contributed by atoms with van der Waals surface area (Å²) in [6.07, 6.45) is 6.82. The minimum atomic E-state index is 0.537. The van der Waals surface area contributed by atoms with Crippen molar-refractivity contribution in [3.8, 4) is 0 Å². The Kier molecular flexibility index (Phi) is 3.28. The zero-order valence-corrected chi connectivity index (χ0v) is 10.5. The van der Waals surface area contributed by atoms with Crippen molar-refractivity contribution in [1.82, 2.24) is 0 Å². The van der Waals surface area contributed by atoms with Crippen molar-refractivity contribution in [2.45, 2.75) is 39.5 Å². The quantitative estimate of drug-likeness (QED) is 0.636. The van der Waals surface area contributed by atoms with Gasteiger partial charge in [0.1, 0.15) is 0 Å². The van der Waals surface area contributed by atoms with Crippen LogP contribution in [0.15, 0.2) is 47.6 Å². The summed E-state index contributed by atoms with van der Waals surface area (Å²) in [6.45, 7) is 6.70. The number of hydrogen-bond acceptors (Lipinski definition) is 0. The second-order valence-corrected chi connectivity index (χ2v) is 4.66. The molecule has 0 heteroatoms. The fourth-order valence-electron chi connectivity index (χ4n) is 2.65. The smallest absolute Gasteiger partial charge is 0.00630 e. The first-order valence-corrected chi connectivity index (χ1v) is 6.14. The Morgan fingerprint density at radius 2 is 1.94 bits per heavy atom. The van der Waals surface area contributed by atoms with Crippen molar-refractivity contribution in [3.05, 3.63) is 58.7 Å². The molecule has 0 radical (unpaired) electrons. The zero-order chi connectivity index (χ0) is 11.5. The predicted molar refractivity (Wildman–Crippen MR) is 70.7 cm³/mol. The van der Waals surface area contributed by atoms with E-state index in [-0.39, 0.29) is 0 Å². The Morgan fingerprint density at radius 3 is 2.69 bits per heavy atom. The molecule has 0 fully saturated rings. The number of rotatable bonds is 1. The van der Waals surface area contributed by atoms with E-state index < -0.39 is 0 Å². The first kappa shape index (κ1) is 11.2. The number of allylic oxidation sites excluding steroid dienone is 4. The number of hydrogen-bond donors (Lipinski definition) is 0. The van der Waals surface area contributed by atoms with E-state index in [1.54, 1.807) is 5.57 Å². The van der Waals surface area contributed by atoms with Gasteiger partial charge in [-0.25, -0.2) is 0 Å². The molecule has 84 valence electrons. The summed E-state index contributed by atoms with van der Waals surface area (Å²) in [5.41, 5.74) is 6.08. The number of benzene rings is 1. The van der Waals surface area contributed by atoms with Gasteiger partial charge >= 0.3 is 0 Å². The summed E-state index contributed by atoms with van der Waals surface area (Å²) in [7, 11) is 0. The van der Waals surface area contributed by atoms with E-state index in [9.17, 15) is 0 Å². The maximum atomic E-state index is 2.32. The van der Waals surface area contributed by atoms with E-state index in [2.05, 4.69) is 57.2 Å². The molecule has 0 saturated carbocycles. The molecule has 1 aliphatic carbocycles. The van der Waals surface area contributed by atoms with Gasteiger partial charge in [-0.15, -0.1) is 0 Å². The Morgan fingerprint density at radius 1 is 1.19 bits per heavy atom. The molecule has 16 heavy (non-hydrogen) atoms. The van der Waals surface area contributed by atoms with E-state index in [4.69, 9.17) is 0 Å². The SMILES string of the molecule is CC=CC1=C(C)CCc2ccccc2C1C. The normalized spacial score (nSPS) is 21.1. The van der Waals surface area contributed by atoms with Crippen LogP contribution >= 0.6 is 0 Å². The molecule has 1 aromatic rings. The van der Waals surface area contributed by atoms with Crippen LogP contribution in [0.3, 0.4) is 0 Å². The molecule has 1 atom stereocenters. The van der Waals surface area contributed by atoms with Crippen LogP contribution in [0.25, 0.3) is 0 Å². The third kappa shape index (κ3) is 1.97. The van der Waals surface area contributed by atoms with Gasteiger partial charge in [-0.05, 0) is 43.4 Å². The lowest BCUT2D eigenvalue weighted by Gasteiger charge is -2.15.